The standard InChI is InChI=1S/C72H63BN2OS/c1-70(2,3)48-18-20-58(53(29-48)46-11-5-4-6-12-46)74-60-33-56-52-15-9-10-16-61(52)76-68(56)64-57-32-50(72-37-43-26-44(38-72)28-45(27-43)39-72)31-55-54-30-49(71-34-40-23-41(35-71)25-42(24-40)36-71)19-21-59(54)75(66(55)57)73(65(60)64)69-67(74)63-51-14-8-7-13-47(51)17-22-62(63)77-69/h4-22,29-33,40-45H,23-28,34-39H2,1-3H3. The van der Waals surface area contributed by atoms with E-state index in [-0.39, 0.29) is 17.7 Å². The molecule has 0 spiro atoms. The van der Waals surface area contributed by atoms with Gasteiger partial charge in [-0.05, 0) is 222 Å². The van der Waals surface area contributed by atoms with Gasteiger partial charge in [-0.15, -0.1) is 11.3 Å². The molecule has 8 aliphatic carbocycles. The molecule has 10 aliphatic rings. The lowest BCUT2D eigenvalue weighted by Crippen LogP contribution is -2.55. The Balaban J connectivity index is 0.982. The third kappa shape index (κ3) is 5.75. The van der Waals surface area contributed by atoms with Gasteiger partial charge in [-0.2, -0.15) is 0 Å². The predicted molar refractivity (Wildman–Crippen MR) is 324 cm³/mol. The van der Waals surface area contributed by atoms with Gasteiger partial charge in [-0.25, -0.2) is 0 Å². The Morgan fingerprint density at radius 1 is 0.545 bits per heavy atom. The molecule has 5 heterocycles. The van der Waals surface area contributed by atoms with Crippen LogP contribution in [0.4, 0.5) is 17.1 Å². The van der Waals surface area contributed by atoms with Crippen LogP contribution < -0.4 is 15.1 Å². The van der Waals surface area contributed by atoms with Gasteiger partial charge in [0.25, 0.3) is 0 Å². The highest BCUT2D eigenvalue weighted by Gasteiger charge is 2.55. The minimum Gasteiger partial charge on any atom is -0.455 e. The molecule has 0 radical (unpaired) electrons. The maximum absolute atomic E-state index is 7.46. The molecule has 21 rings (SSSR count). The normalized spacial score (nSPS) is 27.4. The average molecular weight is 1020 g/mol. The fraction of sp³-hybridized carbons (Fsp3) is 0.333. The number of anilines is 3. The third-order valence-corrected chi connectivity index (χ3v) is 23.4. The second-order valence-electron chi connectivity index (χ2n) is 27.6. The maximum atomic E-state index is 7.46. The molecule has 3 aromatic heterocycles. The molecule has 11 aromatic rings. The van der Waals surface area contributed by atoms with Crippen molar-refractivity contribution in [2.45, 2.75) is 114 Å². The van der Waals surface area contributed by atoms with Crippen LogP contribution in [-0.2, 0) is 16.2 Å². The van der Waals surface area contributed by atoms with Gasteiger partial charge in [0.2, 0.25) is 0 Å². The summed E-state index contributed by atoms with van der Waals surface area (Å²) in [5, 5.41) is 9.32. The van der Waals surface area contributed by atoms with Crippen molar-refractivity contribution in [3.8, 4) is 22.3 Å². The molecule has 8 bridgehead atoms. The zero-order chi connectivity index (χ0) is 50.4. The minimum atomic E-state index is -0.0719. The lowest BCUT2D eigenvalue weighted by Gasteiger charge is -2.57. The van der Waals surface area contributed by atoms with E-state index < -0.39 is 0 Å². The third-order valence-electron chi connectivity index (χ3n) is 22.2. The Bertz CT molecular complexity index is 4360. The molecule has 77 heavy (non-hydrogen) atoms. The number of furan rings is 1. The molecule has 8 saturated carbocycles. The van der Waals surface area contributed by atoms with Crippen molar-refractivity contribution in [1.29, 1.82) is 0 Å². The molecule has 3 nitrogen and oxygen atoms in total. The van der Waals surface area contributed by atoms with Gasteiger partial charge >= 0.3 is 6.85 Å². The summed E-state index contributed by atoms with van der Waals surface area (Å²) in [5.74, 6) is 5.25. The summed E-state index contributed by atoms with van der Waals surface area (Å²) in [7, 11) is 0. The summed E-state index contributed by atoms with van der Waals surface area (Å²) in [6.07, 6.45) is 16.9. The molecular weight excluding hydrogens is 952 g/mol. The number of hydrogen-bond donors (Lipinski definition) is 0. The highest BCUT2D eigenvalue weighted by Crippen LogP contribution is 2.64. The van der Waals surface area contributed by atoms with Crippen LogP contribution in [0.25, 0.3) is 86.9 Å². The van der Waals surface area contributed by atoms with Gasteiger partial charge in [0.1, 0.15) is 11.2 Å². The van der Waals surface area contributed by atoms with Gasteiger partial charge in [0.15, 0.2) is 0 Å². The van der Waals surface area contributed by atoms with E-state index in [9.17, 15) is 0 Å². The maximum Gasteiger partial charge on any atom is 0.343 e. The quantitative estimate of drug-likeness (QED) is 0.164. The van der Waals surface area contributed by atoms with Crippen LogP contribution in [0, 0.1) is 35.5 Å². The molecule has 0 saturated heterocycles. The molecule has 5 heteroatoms. The van der Waals surface area contributed by atoms with Crippen molar-refractivity contribution >= 4 is 110 Å². The van der Waals surface area contributed by atoms with E-state index in [0.717, 1.165) is 46.7 Å². The molecular formula is C72H63BN2OS. The van der Waals surface area contributed by atoms with Gasteiger partial charge in [0.05, 0.1) is 11.4 Å². The number of benzene rings is 8. The van der Waals surface area contributed by atoms with Crippen LogP contribution in [0.3, 0.4) is 0 Å². The SMILES string of the molecule is CC(C)(C)c1ccc(N2c3cc4c(oc5ccccc54)c4c3B(c3sc5ccc6ccccc6c5c32)n2c3ccc(C56CC7CC(CC(C7)C5)C6)cc3c3cc(C56CC7CC(CC(C7)C5)C6)cc-4c32)c(-c2ccccc2)c1. The summed E-state index contributed by atoms with van der Waals surface area (Å²) in [6.45, 7) is 7.00. The zero-order valence-corrected chi connectivity index (χ0v) is 45.4. The monoisotopic (exact) mass is 1010 g/mol. The number of thiophene rings is 1. The number of aromatic nitrogens is 1. The van der Waals surface area contributed by atoms with Crippen molar-refractivity contribution in [3.63, 3.8) is 0 Å². The molecule has 0 atom stereocenters. The van der Waals surface area contributed by atoms with Crippen LogP contribution in [0.5, 0.6) is 0 Å². The first-order valence-electron chi connectivity index (χ1n) is 29.7. The topological polar surface area (TPSA) is 21.3 Å². The van der Waals surface area contributed by atoms with Crippen molar-refractivity contribution in [1.82, 2.24) is 4.48 Å². The van der Waals surface area contributed by atoms with Gasteiger partial charge in [0, 0.05) is 69.8 Å². The fourth-order valence-corrected chi connectivity index (χ4v) is 21.2. The second-order valence-corrected chi connectivity index (χ2v) is 28.7. The van der Waals surface area contributed by atoms with Crippen LogP contribution in [0.1, 0.15) is 115 Å². The molecule has 0 unspecified atom stereocenters. The molecule has 0 amide bonds. The molecule has 8 aromatic carbocycles. The summed E-state index contributed by atoms with van der Waals surface area (Å²) in [5.41, 5.74) is 20.3. The van der Waals surface area contributed by atoms with Gasteiger partial charge in [-0.1, -0.05) is 112 Å². The average Bonchev–Trinajstić information content (AvgIpc) is 4.32. The van der Waals surface area contributed by atoms with E-state index in [1.807, 2.05) is 11.3 Å². The van der Waals surface area contributed by atoms with Crippen LogP contribution >= 0.6 is 11.3 Å². The first-order valence-corrected chi connectivity index (χ1v) is 30.5. The van der Waals surface area contributed by atoms with E-state index in [0.29, 0.717) is 5.41 Å². The first kappa shape index (κ1) is 43.4. The zero-order valence-electron chi connectivity index (χ0n) is 44.6. The summed E-state index contributed by atoms with van der Waals surface area (Å²) < 4.78 is 13.1. The lowest BCUT2D eigenvalue weighted by atomic mass is 9.47. The Hall–Kier alpha value is -6.56. The Labute approximate surface area is 455 Å². The van der Waals surface area contributed by atoms with E-state index in [1.165, 1.54) is 186 Å². The van der Waals surface area contributed by atoms with E-state index in [1.54, 1.807) is 11.1 Å². The molecule has 0 N–H and O–H groups in total. The van der Waals surface area contributed by atoms with Crippen molar-refractivity contribution < 1.29 is 4.42 Å². The van der Waals surface area contributed by atoms with Crippen molar-refractivity contribution in [3.05, 3.63) is 162 Å². The second kappa shape index (κ2) is 14.8. The van der Waals surface area contributed by atoms with E-state index in [2.05, 4.69) is 176 Å². The Morgan fingerprint density at radius 2 is 1.19 bits per heavy atom. The molecule has 376 valence electrons. The number of nitrogens with zero attached hydrogens (tertiary/aromatic N) is 2. The highest BCUT2D eigenvalue weighted by atomic mass is 32.1. The summed E-state index contributed by atoms with van der Waals surface area (Å²) in [4.78, 5) is 2.76. The van der Waals surface area contributed by atoms with Crippen LogP contribution in [0.15, 0.2) is 150 Å². The highest BCUT2D eigenvalue weighted by molar-refractivity contribution is 7.32. The predicted octanol–water partition coefficient (Wildman–Crippen LogP) is 18.4. The van der Waals surface area contributed by atoms with E-state index in [4.69, 9.17) is 4.42 Å². The van der Waals surface area contributed by atoms with Crippen molar-refractivity contribution in [2.75, 3.05) is 4.90 Å². The van der Waals surface area contributed by atoms with Crippen LogP contribution in [-0.4, -0.2) is 11.3 Å². The largest absolute Gasteiger partial charge is 0.455 e. The lowest BCUT2D eigenvalue weighted by molar-refractivity contribution is -0.00527. The minimum absolute atomic E-state index is 0.0339. The number of para-hydroxylation sites is 1. The van der Waals surface area contributed by atoms with Gasteiger partial charge < -0.3 is 13.8 Å². The molecule has 8 fully saturated rings. The number of fused-ring (bicyclic) bond motifs is 15. The smallest absolute Gasteiger partial charge is 0.343 e. The van der Waals surface area contributed by atoms with E-state index >= 15 is 0 Å². The number of rotatable bonds is 4. The number of hydrogen-bond acceptors (Lipinski definition) is 3. The Morgan fingerprint density at radius 3 is 1.91 bits per heavy atom. The van der Waals surface area contributed by atoms with Gasteiger partial charge in [-0.3, -0.25) is 0 Å². The fourth-order valence-electron chi connectivity index (χ4n) is 19.9. The van der Waals surface area contributed by atoms with Crippen LogP contribution in [0.2, 0.25) is 0 Å². The van der Waals surface area contributed by atoms with Crippen molar-refractivity contribution in [2.24, 2.45) is 35.5 Å². The first-order chi connectivity index (χ1) is 37.6. The summed E-state index contributed by atoms with van der Waals surface area (Å²) in [6, 6.07) is 57.7. The summed E-state index contributed by atoms with van der Waals surface area (Å²) >= 11 is 2.03. The molecule has 2 aliphatic heterocycles. The Kier molecular flexibility index (Phi) is 8.33.